The molecule has 0 radical (unpaired) electrons. The van der Waals surface area contributed by atoms with Gasteiger partial charge in [-0.05, 0) is 54.1 Å². The van der Waals surface area contributed by atoms with E-state index in [0.29, 0.717) is 44.8 Å². The van der Waals surface area contributed by atoms with E-state index in [1.807, 2.05) is 6.07 Å². The highest BCUT2D eigenvalue weighted by Crippen LogP contribution is 2.43. The van der Waals surface area contributed by atoms with Crippen LogP contribution in [0.4, 0.5) is 5.69 Å². The number of halogens is 2. The molecule has 6 nitrogen and oxygen atoms in total. The maximum atomic E-state index is 13.7. The fourth-order valence-electron chi connectivity index (χ4n) is 4.26. The Hall–Kier alpha value is -3.74. The largest absolute Gasteiger partial charge is 0.495 e. The number of benzene rings is 3. The van der Waals surface area contributed by atoms with Gasteiger partial charge < -0.3 is 13.9 Å². The Morgan fingerprint density at radius 1 is 1.09 bits per heavy atom. The van der Waals surface area contributed by atoms with Gasteiger partial charge in [0, 0.05) is 10.7 Å². The van der Waals surface area contributed by atoms with Gasteiger partial charge in [-0.15, -0.1) is 0 Å². The zero-order valence-corrected chi connectivity index (χ0v) is 20.1. The highest BCUT2D eigenvalue weighted by atomic mass is 35.5. The van der Waals surface area contributed by atoms with E-state index in [9.17, 15) is 9.59 Å². The zero-order valence-electron chi connectivity index (χ0n) is 18.6. The van der Waals surface area contributed by atoms with E-state index in [0.717, 1.165) is 0 Å². The molecule has 3 aromatic carbocycles. The van der Waals surface area contributed by atoms with Gasteiger partial charge in [-0.3, -0.25) is 14.5 Å². The van der Waals surface area contributed by atoms with Gasteiger partial charge >= 0.3 is 0 Å². The third-order valence-electron chi connectivity index (χ3n) is 5.79. The topological polar surface area (TPSA) is 69.0 Å². The van der Waals surface area contributed by atoms with Crippen molar-refractivity contribution in [3.8, 4) is 11.5 Å². The summed E-state index contributed by atoms with van der Waals surface area (Å²) < 4.78 is 16.9. The first kappa shape index (κ1) is 23.0. The minimum atomic E-state index is -0.783. The van der Waals surface area contributed by atoms with Crippen molar-refractivity contribution in [1.82, 2.24) is 0 Å². The van der Waals surface area contributed by atoms with Crippen LogP contribution in [0.2, 0.25) is 10.0 Å². The molecule has 1 amide bonds. The molecule has 35 heavy (non-hydrogen) atoms. The summed E-state index contributed by atoms with van der Waals surface area (Å²) >= 11 is 12.5. The summed E-state index contributed by atoms with van der Waals surface area (Å²) in [6.07, 6.45) is 1.64. The monoisotopic (exact) mass is 507 g/mol. The summed E-state index contributed by atoms with van der Waals surface area (Å²) in [6.45, 7) is 3.98. The molecule has 1 aliphatic heterocycles. The molecule has 8 heteroatoms. The van der Waals surface area contributed by atoms with E-state index in [1.165, 1.54) is 12.0 Å². The van der Waals surface area contributed by atoms with E-state index in [1.54, 1.807) is 60.7 Å². The van der Waals surface area contributed by atoms with Crippen molar-refractivity contribution >= 4 is 45.8 Å². The minimum absolute atomic E-state index is 0.0285. The normalized spacial score (nSPS) is 14.8. The average molecular weight is 508 g/mol. The van der Waals surface area contributed by atoms with Crippen molar-refractivity contribution < 1.29 is 18.7 Å². The van der Waals surface area contributed by atoms with Crippen LogP contribution in [-0.2, 0) is 0 Å². The number of carbonyl (C=O) groups is 1. The molecule has 0 N–H and O–H groups in total. The lowest BCUT2D eigenvalue weighted by Gasteiger charge is -2.26. The van der Waals surface area contributed by atoms with Gasteiger partial charge in [0.2, 0.25) is 5.76 Å². The molecule has 176 valence electrons. The molecule has 4 aromatic rings. The predicted octanol–water partition coefficient (Wildman–Crippen LogP) is 6.42. The first-order valence-electron chi connectivity index (χ1n) is 10.7. The summed E-state index contributed by atoms with van der Waals surface area (Å²) in [6, 6.07) is 16.2. The first-order chi connectivity index (χ1) is 16.9. The van der Waals surface area contributed by atoms with Crippen LogP contribution in [0.3, 0.4) is 0 Å². The molecule has 0 fully saturated rings. The number of fused-ring (bicyclic) bond motifs is 2. The van der Waals surface area contributed by atoms with Crippen LogP contribution in [-0.4, -0.2) is 19.6 Å². The highest BCUT2D eigenvalue weighted by Gasteiger charge is 2.44. The molecule has 0 aliphatic carbocycles. The van der Waals surface area contributed by atoms with Crippen molar-refractivity contribution in [1.29, 1.82) is 0 Å². The molecule has 1 atom stereocenters. The third kappa shape index (κ3) is 3.95. The van der Waals surface area contributed by atoms with Gasteiger partial charge in [-0.1, -0.05) is 48.0 Å². The summed E-state index contributed by atoms with van der Waals surface area (Å²) in [5, 5.41) is 1.01. The van der Waals surface area contributed by atoms with E-state index < -0.39 is 11.9 Å². The summed E-state index contributed by atoms with van der Waals surface area (Å²) in [4.78, 5) is 28.9. The molecule has 0 saturated carbocycles. The SMILES string of the molecule is C=CCOc1cccc(C2c3c(oc4ccc(Cl)cc4c3=O)C(=O)N2c2ccc(OC)c(Cl)c2)c1. The van der Waals surface area contributed by atoms with Crippen LogP contribution in [0.25, 0.3) is 11.0 Å². The van der Waals surface area contributed by atoms with Crippen LogP contribution >= 0.6 is 23.2 Å². The van der Waals surface area contributed by atoms with Crippen LogP contribution < -0.4 is 19.8 Å². The number of hydrogen-bond acceptors (Lipinski definition) is 5. The van der Waals surface area contributed by atoms with Crippen molar-refractivity contribution in [2.75, 3.05) is 18.6 Å². The van der Waals surface area contributed by atoms with Crippen LogP contribution in [0.15, 0.2) is 82.5 Å². The number of ether oxygens (including phenoxy) is 2. The van der Waals surface area contributed by atoms with E-state index in [4.69, 9.17) is 37.1 Å². The highest BCUT2D eigenvalue weighted by molar-refractivity contribution is 6.32. The molecule has 5 rings (SSSR count). The molecule has 0 saturated heterocycles. The number of hydrogen-bond donors (Lipinski definition) is 0. The maximum absolute atomic E-state index is 13.7. The molecule has 1 unspecified atom stereocenters. The van der Waals surface area contributed by atoms with Gasteiger partial charge in [-0.25, -0.2) is 0 Å². The van der Waals surface area contributed by atoms with Crippen molar-refractivity contribution in [2.45, 2.75) is 6.04 Å². The van der Waals surface area contributed by atoms with Crippen LogP contribution in [0.1, 0.15) is 27.7 Å². The maximum Gasteiger partial charge on any atom is 0.295 e. The van der Waals surface area contributed by atoms with Crippen molar-refractivity contribution in [3.63, 3.8) is 0 Å². The summed E-state index contributed by atoms with van der Waals surface area (Å²) in [7, 11) is 1.51. The Balaban J connectivity index is 1.76. The lowest BCUT2D eigenvalue weighted by molar-refractivity contribution is 0.0971. The average Bonchev–Trinajstić information content (AvgIpc) is 3.16. The second-order valence-electron chi connectivity index (χ2n) is 7.88. The quantitative estimate of drug-likeness (QED) is 0.281. The Morgan fingerprint density at radius 2 is 1.91 bits per heavy atom. The van der Waals surface area contributed by atoms with Gasteiger partial charge in [0.1, 0.15) is 23.7 Å². The van der Waals surface area contributed by atoms with Gasteiger partial charge in [0.25, 0.3) is 5.91 Å². The molecule has 1 aromatic heterocycles. The summed E-state index contributed by atoms with van der Waals surface area (Å²) in [5.41, 5.74) is 1.32. The standard InChI is InChI=1S/C27H19Cl2NO5/c1-3-11-34-18-6-4-5-15(12-18)24-23-25(31)19-13-16(28)7-9-21(19)35-26(23)27(32)30(24)17-8-10-22(33-2)20(29)14-17/h3-10,12-14,24H,1,11H2,2H3. The molecule has 2 heterocycles. The van der Waals surface area contributed by atoms with E-state index in [2.05, 4.69) is 6.58 Å². The Kier molecular flexibility index (Phi) is 6.01. The predicted molar refractivity (Wildman–Crippen MR) is 136 cm³/mol. The lowest BCUT2D eigenvalue weighted by atomic mass is 9.98. The second kappa shape index (κ2) is 9.13. The van der Waals surface area contributed by atoms with Crippen LogP contribution in [0.5, 0.6) is 11.5 Å². The first-order valence-corrected chi connectivity index (χ1v) is 11.5. The smallest absolute Gasteiger partial charge is 0.295 e. The fourth-order valence-corrected chi connectivity index (χ4v) is 4.69. The number of carbonyl (C=O) groups excluding carboxylic acids is 1. The molecular formula is C27H19Cl2NO5. The van der Waals surface area contributed by atoms with Gasteiger partial charge in [-0.2, -0.15) is 0 Å². The number of rotatable bonds is 6. The lowest BCUT2D eigenvalue weighted by Crippen LogP contribution is -2.29. The summed E-state index contributed by atoms with van der Waals surface area (Å²) in [5.74, 6) is 0.548. The second-order valence-corrected chi connectivity index (χ2v) is 8.73. The number of amides is 1. The number of anilines is 1. The Bertz CT molecular complexity index is 1540. The van der Waals surface area contributed by atoms with Crippen molar-refractivity contribution in [2.24, 2.45) is 0 Å². The van der Waals surface area contributed by atoms with Gasteiger partial charge in [0.05, 0.1) is 29.1 Å². The van der Waals surface area contributed by atoms with Crippen LogP contribution in [0, 0.1) is 0 Å². The number of methoxy groups -OCH3 is 1. The third-order valence-corrected chi connectivity index (χ3v) is 6.32. The number of nitrogens with zero attached hydrogens (tertiary/aromatic N) is 1. The van der Waals surface area contributed by atoms with Gasteiger partial charge in [0.15, 0.2) is 5.43 Å². The van der Waals surface area contributed by atoms with E-state index >= 15 is 0 Å². The molecule has 0 spiro atoms. The van der Waals surface area contributed by atoms with Crippen molar-refractivity contribution in [3.05, 3.63) is 110 Å². The molecule has 1 aliphatic rings. The van der Waals surface area contributed by atoms with E-state index in [-0.39, 0.29) is 22.3 Å². The Labute approximate surface area is 210 Å². The molecular weight excluding hydrogens is 489 g/mol. The fraction of sp³-hybridized carbons (Fsp3) is 0.111. The molecule has 0 bridgehead atoms. The Morgan fingerprint density at radius 3 is 2.66 bits per heavy atom. The zero-order chi connectivity index (χ0) is 24.7. The minimum Gasteiger partial charge on any atom is -0.495 e.